The van der Waals surface area contributed by atoms with E-state index in [4.69, 9.17) is 11.6 Å². The topological polar surface area (TPSA) is 73.5 Å². The van der Waals surface area contributed by atoms with Crippen LogP contribution in [0.2, 0.25) is 5.02 Å². The van der Waals surface area contributed by atoms with Gasteiger partial charge in [0.25, 0.3) is 0 Å². The smallest absolute Gasteiger partial charge is 0.179 e. The maximum atomic E-state index is 14.2. The van der Waals surface area contributed by atoms with E-state index in [1.165, 1.54) is 4.68 Å². The van der Waals surface area contributed by atoms with E-state index < -0.39 is 11.6 Å². The number of benzene rings is 1. The Bertz CT molecular complexity index is 1220. The van der Waals surface area contributed by atoms with Gasteiger partial charge in [0.2, 0.25) is 0 Å². The molecular formula is C20H19Cl2F2N7. The third-order valence-electron chi connectivity index (χ3n) is 5.39. The Hall–Kier alpha value is -2.62. The first-order chi connectivity index (χ1) is 14.6. The fourth-order valence-electron chi connectivity index (χ4n) is 3.73. The Morgan fingerprint density at radius 3 is 2.68 bits per heavy atom. The highest BCUT2D eigenvalue weighted by atomic mass is 35.5. The molecule has 0 aliphatic carbocycles. The minimum atomic E-state index is -0.684. The van der Waals surface area contributed by atoms with E-state index >= 15 is 0 Å². The van der Waals surface area contributed by atoms with E-state index in [2.05, 4.69) is 25.7 Å². The summed E-state index contributed by atoms with van der Waals surface area (Å²) < 4.78 is 31.4. The van der Waals surface area contributed by atoms with Gasteiger partial charge >= 0.3 is 0 Å². The van der Waals surface area contributed by atoms with Gasteiger partial charge in [-0.15, -0.1) is 17.5 Å². The van der Waals surface area contributed by atoms with Crippen LogP contribution < -0.4 is 5.32 Å². The summed E-state index contributed by atoms with van der Waals surface area (Å²) in [5.74, 6) is -1.29. The van der Waals surface area contributed by atoms with E-state index in [0.29, 0.717) is 22.9 Å². The molecular weight excluding hydrogens is 447 g/mol. The molecule has 7 nitrogen and oxygen atoms in total. The molecule has 1 saturated heterocycles. The van der Waals surface area contributed by atoms with Gasteiger partial charge in [0, 0.05) is 17.3 Å². The number of pyridine rings is 1. The summed E-state index contributed by atoms with van der Waals surface area (Å²) in [5, 5.41) is 15.7. The standard InChI is InChI=1S/C20H18ClF2N7.ClH/c21-19-14(15(22)1-2-16(19)23)11-30-20-18(27-28-30)4-3-17(26-20)12-9-25-29(10-12)13-5-7-24-8-6-13;/h1-4,9-10,13,24H,5-8,11H2;1H. The molecule has 1 aromatic carbocycles. The first-order valence-corrected chi connectivity index (χ1v) is 10.1. The van der Waals surface area contributed by atoms with Crippen molar-refractivity contribution < 1.29 is 8.78 Å². The number of aromatic nitrogens is 6. The fourth-order valence-corrected chi connectivity index (χ4v) is 3.94. The lowest BCUT2D eigenvalue weighted by atomic mass is 10.1. The molecule has 4 heterocycles. The van der Waals surface area contributed by atoms with Gasteiger partial charge in [0.1, 0.15) is 17.2 Å². The predicted molar refractivity (Wildman–Crippen MR) is 115 cm³/mol. The number of hydrogen-bond donors (Lipinski definition) is 1. The molecule has 3 aromatic heterocycles. The summed E-state index contributed by atoms with van der Waals surface area (Å²) in [5.41, 5.74) is 2.60. The molecule has 4 aromatic rings. The van der Waals surface area contributed by atoms with Gasteiger partial charge in [-0.3, -0.25) is 4.68 Å². The van der Waals surface area contributed by atoms with Crippen LogP contribution >= 0.6 is 24.0 Å². The van der Waals surface area contributed by atoms with Gasteiger partial charge in [-0.05, 0) is 50.2 Å². The Kier molecular flexibility index (Phi) is 6.17. The molecule has 0 unspecified atom stereocenters. The Morgan fingerprint density at radius 1 is 1.10 bits per heavy atom. The van der Waals surface area contributed by atoms with E-state index in [-0.39, 0.29) is 29.5 Å². The second kappa shape index (κ2) is 8.86. The van der Waals surface area contributed by atoms with Gasteiger partial charge in [-0.2, -0.15) is 5.10 Å². The molecule has 0 bridgehead atoms. The zero-order valence-electron chi connectivity index (χ0n) is 16.3. The average Bonchev–Trinajstić information content (AvgIpc) is 3.42. The molecule has 0 radical (unpaired) electrons. The zero-order chi connectivity index (χ0) is 20.7. The summed E-state index contributed by atoms with van der Waals surface area (Å²) in [6.07, 6.45) is 5.84. The molecule has 5 rings (SSSR count). The number of rotatable bonds is 4. The van der Waals surface area contributed by atoms with E-state index in [0.717, 1.165) is 43.6 Å². The van der Waals surface area contributed by atoms with Crippen molar-refractivity contribution in [3.05, 3.63) is 58.9 Å². The molecule has 0 spiro atoms. The quantitative estimate of drug-likeness (QED) is 0.460. The minimum absolute atomic E-state index is 0. The van der Waals surface area contributed by atoms with Crippen LogP contribution in [0.25, 0.3) is 22.4 Å². The van der Waals surface area contributed by atoms with Crippen molar-refractivity contribution in [3.8, 4) is 11.3 Å². The molecule has 11 heteroatoms. The highest BCUT2D eigenvalue weighted by Gasteiger charge is 2.18. The minimum Gasteiger partial charge on any atom is -0.317 e. The van der Waals surface area contributed by atoms with Gasteiger partial charge < -0.3 is 5.32 Å². The molecule has 0 saturated carbocycles. The largest absolute Gasteiger partial charge is 0.317 e. The van der Waals surface area contributed by atoms with Crippen LogP contribution in [0.15, 0.2) is 36.7 Å². The van der Waals surface area contributed by atoms with Crippen LogP contribution in [0.3, 0.4) is 0 Å². The summed E-state index contributed by atoms with van der Waals surface area (Å²) in [7, 11) is 0. The molecule has 0 amide bonds. The fraction of sp³-hybridized carbons (Fsp3) is 0.300. The van der Waals surface area contributed by atoms with Crippen molar-refractivity contribution in [3.63, 3.8) is 0 Å². The Balaban J connectivity index is 0.00000231. The van der Waals surface area contributed by atoms with Crippen molar-refractivity contribution in [2.45, 2.75) is 25.4 Å². The van der Waals surface area contributed by atoms with Gasteiger partial charge in [-0.25, -0.2) is 18.4 Å². The van der Waals surface area contributed by atoms with Gasteiger partial charge in [-0.1, -0.05) is 16.8 Å². The van der Waals surface area contributed by atoms with Crippen molar-refractivity contribution in [2.75, 3.05) is 13.1 Å². The van der Waals surface area contributed by atoms with Gasteiger partial charge in [0.15, 0.2) is 5.65 Å². The maximum absolute atomic E-state index is 14.2. The second-order valence-electron chi connectivity index (χ2n) is 7.30. The van der Waals surface area contributed by atoms with Crippen LogP contribution in [0.5, 0.6) is 0 Å². The normalized spacial score (nSPS) is 14.7. The van der Waals surface area contributed by atoms with Crippen molar-refractivity contribution in [1.29, 1.82) is 0 Å². The third kappa shape index (κ3) is 4.13. The molecule has 0 atom stereocenters. The van der Waals surface area contributed by atoms with Crippen LogP contribution in [-0.4, -0.2) is 42.8 Å². The van der Waals surface area contributed by atoms with Crippen LogP contribution in [0.1, 0.15) is 24.4 Å². The molecule has 31 heavy (non-hydrogen) atoms. The highest BCUT2D eigenvalue weighted by molar-refractivity contribution is 6.31. The summed E-state index contributed by atoms with van der Waals surface area (Å²) in [4.78, 5) is 4.65. The lowest BCUT2D eigenvalue weighted by molar-refractivity contribution is 0.343. The summed E-state index contributed by atoms with van der Waals surface area (Å²) in [6.45, 7) is 1.88. The van der Waals surface area contributed by atoms with Crippen LogP contribution in [-0.2, 0) is 6.54 Å². The number of nitrogens with one attached hydrogen (secondary N) is 1. The van der Waals surface area contributed by atoms with Crippen molar-refractivity contribution in [1.82, 2.24) is 35.1 Å². The number of hydrogen-bond acceptors (Lipinski definition) is 5. The number of piperidine rings is 1. The lowest BCUT2D eigenvalue weighted by Gasteiger charge is -2.22. The third-order valence-corrected chi connectivity index (χ3v) is 5.79. The number of nitrogens with zero attached hydrogens (tertiary/aromatic N) is 6. The van der Waals surface area contributed by atoms with Crippen LogP contribution in [0, 0.1) is 11.6 Å². The summed E-state index contributed by atoms with van der Waals surface area (Å²) in [6, 6.07) is 6.06. The summed E-state index contributed by atoms with van der Waals surface area (Å²) >= 11 is 5.96. The monoisotopic (exact) mass is 465 g/mol. The van der Waals surface area contributed by atoms with E-state index in [9.17, 15) is 8.78 Å². The molecule has 162 valence electrons. The SMILES string of the molecule is Cl.Fc1ccc(F)c(Cn2nnc3ccc(-c4cnn(C5CCNCC5)c4)nc32)c1Cl. The first kappa shape index (κ1) is 21.6. The number of halogens is 4. The highest BCUT2D eigenvalue weighted by Crippen LogP contribution is 2.26. The maximum Gasteiger partial charge on any atom is 0.179 e. The Morgan fingerprint density at radius 2 is 1.87 bits per heavy atom. The Labute approximate surface area is 187 Å². The zero-order valence-corrected chi connectivity index (χ0v) is 17.9. The van der Waals surface area contributed by atoms with Crippen molar-refractivity contribution >= 4 is 35.2 Å². The molecule has 1 N–H and O–H groups in total. The number of fused-ring (bicyclic) bond motifs is 1. The average molecular weight is 466 g/mol. The second-order valence-corrected chi connectivity index (χ2v) is 7.68. The van der Waals surface area contributed by atoms with Gasteiger partial charge in [0.05, 0.1) is 29.5 Å². The predicted octanol–water partition coefficient (Wildman–Crippen LogP) is 4.02. The molecule has 1 aliphatic rings. The molecule has 1 aliphatic heterocycles. The molecule has 1 fully saturated rings. The lowest BCUT2D eigenvalue weighted by Crippen LogP contribution is -2.29. The van der Waals surface area contributed by atoms with E-state index in [1.54, 1.807) is 12.3 Å². The van der Waals surface area contributed by atoms with Crippen LogP contribution in [0.4, 0.5) is 8.78 Å². The van der Waals surface area contributed by atoms with E-state index in [1.807, 2.05) is 16.9 Å². The van der Waals surface area contributed by atoms with Crippen molar-refractivity contribution in [2.24, 2.45) is 0 Å². The first-order valence-electron chi connectivity index (χ1n) is 9.68.